The molecule has 98 valence electrons. The number of carbonyl (C=O) groups excluding carboxylic acids is 1. The molecule has 0 saturated carbocycles. The lowest BCUT2D eigenvalue weighted by atomic mass is 10.2. The van der Waals surface area contributed by atoms with Crippen LogP contribution in [0, 0.1) is 12.7 Å². The van der Waals surface area contributed by atoms with Crippen molar-refractivity contribution >= 4 is 17.3 Å². The van der Waals surface area contributed by atoms with Crippen molar-refractivity contribution < 1.29 is 9.18 Å². The van der Waals surface area contributed by atoms with E-state index >= 15 is 0 Å². The van der Waals surface area contributed by atoms with E-state index in [9.17, 15) is 9.18 Å². The van der Waals surface area contributed by atoms with E-state index in [0.29, 0.717) is 5.69 Å². The minimum atomic E-state index is -0.370. The molecule has 19 heavy (non-hydrogen) atoms. The van der Waals surface area contributed by atoms with Gasteiger partial charge in [-0.2, -0.15) is 0 Å². The monoisotopic (exact) mass is 258 g/mol. The number of para-hydroxylation sites is 1. The Morgan fingerprint density at radius 1 is 1.16 bits per heavy atom. The summed E-state index contributed by atoms with van der Waals surface area (Å²) >= 11 is 0. The first-order valence-corrected chi connectivity index (χ1v) is 6.00. The standard InChI is InChI=1S/C15H15FN2O/c1-11-5-4-6-12(9-11)18-15(19)10-17-14-8-3-2-7-13(14)16/h2-9,17H,10H2,1H3,(H,18,19). The van der Waals surface area contributed by atoms with Gasteiger partial charge in [-0.3, -0.25) is 4.79 Å². The molecule has 2 rings (SSSR count). The van der Waals surface area contributed by atoms with Crippen LogP contribution in [0.5, 0.6) is 0 Å². The highest BCUT2D eigenvalue weighted by Crippen LogP contribution is 2.12. The van der Waals surface area contributed by atoms with E-state index in [2.05, 4.69) is 10.6 Å². The molecule has 0 aromatic heterocycles. The van der Waals surface area contributed by atoms with Gasteiger partial charge in [0, 0.05) is 5.69 Å². The van der Waals surface area contributed by atoms with Gasteiger partial charge in [-0.25, -0.2) is 4.39 Å². The number of nitrogens with one attached hydrogen (secondary N) is 2. The molecule has 3 nitrogen and oxygen atoms in total. The lowest BCUT2D eigenvalue weighted by Crippen LogP contribution is -2.22. The Balaban J connectivity index is 1.90. The van der Waals surface area contributed by atoms with Crippen LogP contribution in [0.3, 0.4) is 0 Å². The zero-order valence-electron chi connectivity index (χ0n) is 10.6. The van der Waals surface area contributed by atoms with Crippen molar-refractivity contribution in [2.45, 2.75) is 6.92 Å². The van der Waals surface area contributed by atoms with Crippen molar-refractivity contribution in [3.8, 4) is 0 Å². The van der Waals surface area contributed by atoms with Crippen LogP contribution < -0.4 is 10.6 Å². The van der Waals surface area contributed by atoms with E-state index < -0.39 is 0 Å². The SMILES string of the molecule is Cc1cccc(NC(=O)CNc2ccccc2F)c1. The van der Waals surface area contributed by atoms with E-state index in [1.807, 2.05) is 31.2 Å². The Labute approximate surface area is 111 Å². The summed E-state index contributed by atoms with van der Waals surface area (Å²) in [6.07, 6.45) is 0. The summed E-state index contributed by atoms with van der Waals surface area (Å²) in [5.74, 6) is -0.584. The van der Waals surface area contributed by atoms with Gasteiger partial charge in [-0.15, -0.1) is 0 Å². The van der Waals surface area contributed by atoms with Gasteiger partial charge in [0.1, 0.15) is 5.82 Å². The average Bonchev–Trinajstić information content (AvgIpc) is 2.38. The Morgan fingerprint density at radius 3 is 2.68 bits per heavy atom. The van der Waals surface area contributed by atoms with Crippen LogP contribution in [-0.4, -0.2) is 12.5 Å². The Morgan fingerprint density at radius 2 is 1.95 bits per heavy atom. The molecule has 0 atom stereocenters. The van der Waals surface area contributed by atoms with Gasteiger partial charge in [0.15, 0.2) is 0 Å². The number of anilines is 2. The Kier molecular flexibility index (Phi) is 4.13. The molecule has 2 N–H and O–H groups in total. The lowest BCUT2D eigenvalue weighted by molar-refractivity contribution is -0.114. The molecule has 0 spiro atoms. The molecule has 0 radical (unpaired) electrons. The molecule has 0 fully saturated rings. The van der Waals surface area contributed by atoms with E-state index in [4.69, 9.17) is 0 Å². The molecule has 0 unspecified atom stereocenters. The van der Waals surface area contributed by atoms with Crippen LogP contribution in [0.2, 0.25) is 0 Å². The highest BCUT2D eigenvalue weighted by molar-refractivity contribution is 5.93. The molecular weight excluding hydrogens is 243 g/mol. The number of benzene rings is 2. The van der Waals surface area contributed by atoms with Crippen LogP contribution in [0.25, 0.3) is 0 Å². The first-order valence-electron chi connectivity index (χ1n) is 6.00. The van der Waals surface area contributed by atoms with Crippen LogP contribution in [0.15, 0.2) is 48.5 Å². The third-order valence-corrected chi connectivity index (χ3v) is 2.62. The maximum absolute atomic E-state index is 13.3. The lowest BCUT2D eigenvalue weighted by Gasteiger charge is -2.08. The van der Waals surface area contributed by atoms with E-state index in [1.54, 1.807) is 18.2 Å². The molecule has 0 aliphatic carbocycles. The summed E-state index contributed by atoms with van der Waals surface area (Å²) in [5, 5.41) is 5.51. The minimum Gasteiger partial charge on any atom is -0.374 e. The average molecular weight is 258 g/mol. The summed E-state index contributed by atoms with van der Waals surface area (Å²) in [6.45, 7) is 1.97. The molecule has 4 heteroatoms. The van der Waals surface area contributed by atoms with E-state index in [1.165, 1.54) is 6.07 Å². The smallest absolute Gasteiger partial charge is 0.243 e. The maximum atomic E-state index is 13.3. The van der Waals surface area contributed by atoms with Gasteiger partial charge in [0.2, 0.25) is 5.91 Å². The number of halogens is 1. The third-order valence-electron chi connectivity index (χ3n) is 2.62. The van der Waals surface area contributed by atoms with Crippen LogP contribution >= 0.6 is 0 Å². The quantitative estimate of drug-likeness (QED) is 0.884. The fourth-order valence-corrected chi connectivity index (χ4v) is 1.71. The Bertz CT molecular complexity index is 584. The fraction of sp³-hybridized carbons (Fsp3) is 0.133. The second-order valence-electron chi connectivity index (χ2n) is 4.25. The van der Waals surface area contributed by atoms with Crippen molar-refractivity contribution in [3.63, 3.8) is 0 Å². The number of amides is 1. The first-order chi connectivity index (χ1) is 9.15. The molecule has 2 aromatic rings. The highest BCUT2D eigenvalue weighted by Gasteiger charge is 2.04. The maximum Gasteiger partial charge on any atom is 0.243 e. The van der Waals surface area contributed by atoms with Crippen LogP contribution in [0.1, 0.15) is 5.56 Å². The largest absolute Gasteiger partial charge is 0.374 e. The van der Waals surface area contributed by atoms with Crippen molar-refractivity contribution in [1.82, 2.24) is 0 Å². The predicted molar refractivity (Wildman–Crippen MR) is 74.7 cm³/mol. The van der Waals surface area contributed by atoms with Crippen molar-refractivity contribution in [1.29, 1.82) is 0 Å². The highest BCUT2D eigenvalue weighted by atomic mass is 19.1. The van der Waals surface area contributed by atoms with E-state index in [-0.39, 0.29) is 18.3 Å². The molecule has 1 amide bonds. The number of aryl methyl sites for hydroxylation is 1. The Hall–Kier alpha value is -2.36. The first kappa shape index (κ1) is 13.1. The minimum absolute atomic E-state index is 0.0227. The van der Waals surface area contributed by atoms with E-state index in [0.717, 1.165) is 11.3 Å². The van der Waals surface area contributed by atoms with Gasteiger partial charge in [-0.05, 0) is 36.8 Å². The summed E-state index contributed by atoms with van der Waals surface area (Å²) in [6, 6.07) is 13.8. The van der Waals surface area contributed by atoms with Gasteiger partial charge < -0.3 is 10.6 Å². The third kappa shape index (κ3) is 3.81. The van der Waals surface area contributed by atoms with Crippen molar-refractivity contribution in [2.24, 2.45) is 0 Å². The normalized spacial score (nSPS) is 10.0. The topological polar surface area (TPSA) is 41.1 Å². The molecule has 0 heterocycles. The van der Waals surface area contributed by atoms with Gasteiger partial charge >= 0.3 is 0 Å². The summed E-state index contributed by atoms with van der Waals surface area (Å²) < 4.78 is 13.3. The van der Waals surface area contributed by atoms with Crippen molar-refractivity contribution in [2.75, 3.05) is 17.2 Å². The number of rotatable bonds is 4. The molecular formula is C15H15FN2O. The zero-order valence-corrected chi connectivity index (χ0v) is 10.6. The van der Waals surface area contributed by atoms with Gasteiger partial charge in [-0.1, -0.05) is 24.3 Å². The number of hydrogen-bond donors (Lipinski definition) is 2. The summed E-state index contributed by atoms with van der Waals surface area (Å²) in [7, 11) is 0. The van der Waals surface area contributed by atoms with Crippen LogP contribution in [-0.2, 0) is 4.79 Å². The van der Waals surface area contributed by atoms with Crippen LogP contribution in [0.4, 0.5) is 15.8 Å². The number of hydrogen-bond acceptors (Lipinski definition) is 2. The fourth-order valence-electron chi connectivity index (χ4n) is 1.71. The zero-order chi connectivity index (χ0) is 13.7. The molecule has 0 aliphatic rings. The summed E-state index contributed by atoms with van der Waals surface area (Å²) in [5.41, 5.74) is 2.13. The predicted octanol–water partition coefficient (Wildman–Crippen LogP) is 3.18. The molecule has 0 saturated heterocycles. The molecule has 0 aliphatic heterocycles. The molecule has 2 aromatic carbocycles. The second-order valence-corrected chi connectivity index (χ2v) is 4.25. The molecule has 0 bridgehead atoms. The van der Waals surface area contributed by atoms with Gasteiger partial charge in [0.05, 0.1) is 12.2 Å². The van der Waals surface area contributed by atoms with Gasteiger partial charge in [0.25, 0.3) is 0 Å². The summed E-state index contributed by atoms with van der Waals surface area (Å²) in [4.78, 5) is 11.7. The second kappa shape index (κ2) is 6.00. The number of carbonyl (C=O) groups is 1. The van der Waals surface area contributed by atoms with Crippen molar-refractivity contribution in [3.05, 3.63) is 59.9 Å².